The van der Waals surface area contributed by atoms with Crippen molar-refractivity contribution in [3.63, 3.8) is 0 Å². The van der Waals surface area contributed by atoms with E-state index in [-0.39, 0.29) is 10.9 Å². The maximum atomic E-state index is 13.5. The number of carboxylic acids is 1. The molecule has 5 nitrogen and oxygen atoms in total. The Balaban J connectivity index is 2.38. The molecular weight excluding hydrogens is 273 g/mol. The number of nitrogens with zero attached hydrogens (tertiary/aromatic N) is 3. The zero-order valence-corrected chi connectivity index (χ0v) is 11.0. The van der Waals surface area contributed by atoms with Gasteiger partial charge in [-0.15, -0.1) is 0 Å². The molecule has 0 bridgehead atoms. The number of hydrogen-bond acceptors (Lipinski definition) is 4. The van der Waals surface area contributed by atoms with E-state index < -0.39 is 11.8 Å². The topological polar surface area (TPSA) is 76.0 Å². The summed E-state index contributed by atoms with van der Waals surface area (Å²) in [6, 6.07) is 3.88. The largest absolute Gasteiger partial charge is 0.478 e. The summed E-state index contributed by atoms with van der Waals surface area (Å²) in [5.41, 5.74) is 1.85. The second-order valence-electron chi connectivity index (χ2n) is 4.57. The van der Waals surface area contributed by atoms with Crippen LogP contribution < -0.4 is 0 Å². The van der Waals surface area contributed by atoms with Crippen LogP contribution in [0.4, 0.5) is 4.39 Å². The van der Waals surface area contributed by atoms with E-state index in [0.29, 0.717) is 22.5 Å². The molecule has 2 heterocycles. The van der Waals surface area contributed by atoms with Crippen LogP contribution in [-0.2, 0) is 0 Å². The molecule has 3 rings (SSSR count). The van der Waals surface area contributed by atoms with Crippen LogP contribution in [0, 0.1) is 12.7 Å². The van der Waals surface area contributed by atoms with Gasteiger partial charge in [0.1, 0.15) is 11.5 Å². The molecule has 0 saturated heterocycles. The first-order valence-corrected chi connectivity index (χ1v) is 6.17. The molecule has 0 saturated carbocycles. The van der Waals surface area contributed by atoms with Crippen LogP contribution in [0.15, 0.2) is 36.8 Å². The minimum Gasteiger partial charge on any atom is -0.478 e. The highest BCUT2D eigenvalue weighted by Crippen LogP contribution is 2.26. The lowest BCUT2D eigenvalue weighted by Gasteiger charge is -2.08. The molecular formula is C15H10FN3O2. The molecule has 1 N–H and O–H groups in total. The van der Waals surface area contributed by atoms with Gasteiger partial charge in [-0.05, 0) is 30.7 Å². The van der Waals surface area contributed by atoms with Gasteiger partial charge in [0, 0.05) is 17.8 Å². The summed E-state index contributed by atoms with van der Waals surface area (Å²) in [5.74, 6) is -1.63. The SMILES string of the molecule is Cc1cc(F)cc2c(C(=O)O)cc(-c3cnccn3)nc12. The number of benzene rings is 1. The van der Waals surface area contributed by atoms with Crippen molar-refractivity contribution in [1.82, 2.24) is 15.0 Å². The molecule has 0 radical (unpaired) electrons. The van der Waals surface area contributed by atoms with Crippen LogP contribution in [0.25, 0.3) is 22.3 Å². The number of hydrogen-bond donors (Lipinski definition) is 1. The van der Waals surface area contributed by atoms with Gasteiger partial charge in [-0.25, -0.2) is 14.2 Å². The van der Waals surface area contributed by atoms with Gasteiger partial charge in [0.2, 0.25) is 0 Å². The van der Waals surface area contributed by atoms with Crippen molar-refractivity contribution in [2.45, 2.75) is 6.92 Å². The Morgan fingerprint density at radius 3 is 2.67 bits per heavy atom. The molecule has 0 aliphatic carbocycles. The quantitative estimate of drug-likeness (QED) is 0.782. The first-order chi connectivity index (χ1) is 10.1. The second kappa shape index (κ2) is 4.90. The zero-order valence-electron chi connectivity index (χ0n) is 11.0. The predicted molar refractivity (Wildman–Crippen MR) is 74.4 cm³/mol. The van der Waals surface area contributed by atoms with Crippen molar-refractivity contribution in [3.8, 4) is 11.4 Å². The lowest BCUT2D eigenvalue weighted by molar-refractivity contribution is 0.0699. The number of aromatic nitrogens is 3. The summed E-state index contributed by atoms with van der Waals surface area (Å²) in [4.78, 5) is 23.9. The number of carboxylic acid groups (broad SMARTS) is 1. The van der Waals surface area contributed by atoms with Gasteiger partial charge in [-0.1, -0.05) is 0 Å². The average molecular weight is 283 g/mol. The van der Waals surface area contributed by atoms with Crippen LogP contribution in [0.3, 0.4) is 0 Å². The molecule has 0 aliphatic heterocycles. The van der Waals surface area contributed by atoms with Crippen molar-refractivity contribution in [2.75, 3.05) is 0 Å². The molecule has 104 valence electrons. The fraction of sp³-hybridized carbons (Fsp3) is 0.0667. The maximum absolute atomic E-state index is 13.5. The summed E-state index contributed by atoms with van der Waals surface area (Å²) >= 11 is 0. The van der Waals surface area contributed by atoms with E-state index in [0.717, 1.165) is 0 Å². The molecule has 0 fully saturated rings. The van der Waals surface area contributed by atoms with Crippen LogP contribution in [0.2, 0.25) is 0 Å². The van der Waals surface area contributed by atoms with Crippen molar-refractivity contribution < 1.29 is 14.3 Å². The van der Waals surface area contributed by atoms with Crippen LogP contribution in [0.1, 0.15) is 15.9 Å². The molecule has 0 aliphatic rings. The number of pyridine rings is 1. The average Bonchev–Trinajstić information content (AvgIpc) is 2.47. The molecule has 0 atom stereocenters. The highest BCUT2D eigenvalue weighted by Gasteiger charge is 2.15. The van der Waals surface area contributed by atoms with E-state index in [1.807, 2.05) is 0 Å². The molecule has 3 aromatic rings. The van der Waals surface area contributed by atoms with Gasteiger partial charge in [-0.2, -0.15) is 0 Å². The van der Waals surface area contributed by atoms with E-state index in [1.54, 1.807) is 6.92 Å². The summed E-state index contributed by atoms with van der Waals surface area (Å²) < 4.78 is 13.5. The number of halogens is 1. The molecule has 0 amide bonds. The van der Waals surface area contributed by atoms with E-state index in [2.05, 4.69) is 15.0 Å². The minimum atomic E-state index is -1.14. The molecule has 6 heteroatoms. The van der Waals surface area contributed by atoms with E-state index >= 15 is 0 Å². The number of rotatable bonds is 2. The van der Waals surface area contributed by atoms with Gasteiger partial charge in [-0.3, -0.25) is 9.97 Å². The molecule has 2 aromatic heterocycles. The lowest BCUT2D eigenvalue weighted by Crippen LogP contribution is -2.02. The standard InChI is InChI=1S/C15H10FN3O2/c1-8-4-9(16)5-10-11(15(20)21)6-12(19-14(8)10)13-7-17-2-3-18-13/h2-7H,1H3,(H,20,21). The molecule has 0 spiro atoms. The van der Waals surface area contributed by atoms with Crippen LogP contribution in [-0.4, -0.2) is 26.0 Å². The summed E-state index contributed by atoms with van der Waals surface area (Å²) in [5, 5.41) is 9.62. The first-order valence-electron chi connectivity index (χ1n) is 6.17. The third-order valence-electron chi connectivity index (χ3n) is 3.12. The summed E-state index contributed by atoms with van der Waals surface area (Å²) in [6.45, 7) is 1.69. The maximum Gasteiger partial charge on any atom is 0.336 e. The Hall–Kier alpha value is -2.89. The number of aromatic carboxylic acids is 1. The predicted octanol–water partition coefficient (Wildman–Crippen LogP) is 2.84. The van der Waals surface area contributed by atoms with Gasteiger partial charge >= 0.3 is 5.97 Å². The van der Waals surface area contributed by atoms with Gasteiger partial charge in [0.15, 0.2) is 0 Å². The molecule has 0 unspecified atom stereocenters. The normalized spacial score (nSPS) is 10.8. The zero-order chi connectivity index (χ0) is 15.0. The van der Waals surface area contributed by atoms with E-state index in [9.17, 15) is 14.3 Å². The number of fused-ring (bicyclic) bond motifs is 1. The number of carbonyl (C=O) groups is 1. The Kier molecular flexibility index (Phi) is 3.06. The van der Waals surface area contributed by atoms with Gasteiger partial charge in [0.25, 0.3) is 0 Å². The third kappa shape index (κ3) is 2.31. The Morgan fingerprint density at radius 2 is 2.00 bits per heavy atom. The number of aryl methyl sites for hydroxylation is 1. The fourth-order valence-corrected chi connectivity index (χ4v) is 2.20. The van der Waals surface area contributed by atoms with Crippen LogP contribution >= 0.6 is 0 Å². The van der Waals surface area contributed by atoms with Crippen LogP contribution in [0.5, 0.6) is 0 Å². The van der Waals surface area contributed by atoms with E-state index in [1.165, 1.54) is 36.8 Å². The minimum absolute atomic E-state index is 0.0109. The van der Waals surface area contributed by atoms with Crippen molar-refractivity contribution >= 4 is 16.9 Å². The third-order valence-corrected chi connectivity index (χ3v) is 3.12. The fourth-order valence-electron chi connectivity index (χ4n) is 2.20. The summed E-state index contributed by atoms with van der Waals surface area (Å²) in [7, 11) is 0. The van der Waals surface area contributed by atoms with Crippen molar-refractivity contribution in [3.05, 3.63) is 53.7 Å². The van der Waals surface area contributed by atoms with E-state index in [4.69, 9.17) is 0 Å². The first kappa shape index (κ1) is 13.1. The Morgan fingerprint density at radius 1 is 1.19 bits per heavy atom. The smallest absolute Gasteiger partial charge is 0.336 e. The van der Waals surface area contributed by atoms with Gasteiger partial charge in [0.05, 0.1) is 23.0 Å². The highest BCUT2D eigenvalue weighted by atomic mass is 19.1. The lowest BCUT2D eigenvalue weighted by atomic mass is 10.0. The highest BCUT2D eigenvalue weighted by molar-refractivity contribution is 6.04. The second-order valence-corrected chi connectivity index (χ2v) is 4.57. The Bertz CT molecular complexity index is 850. The molecule has 21 heavy (non-hydrogen) atoms. The van der Waals surface area contributed by atoms with Crippen molar-refractivity contribution in [1.29, 1.82) is 0 Å². The van der Waals surface area contributed by atoms with Gasteiger partial charge < -0.3 is 5.11 Å². The monoisotopic (exact) mass is 283 g/mol. The molecule has 1 aromatic carbocycles. The van der Waals surface area contributed by atoms with Crippen molar-refractivity contribution in [2.24, 2.45) is 0 Å². The Labute approximate surface area is 119 Å². The summed E-state index contributed by atoms with van der Waals surface area (Å²) in [6.07, 6.45) is 4.51.